The number of hydrogen-bond donors (Lipinski definition) is 1. The van der Waals surface area contributed by atoms with Crippen LogP contribution in [-0.2, 0) is 14.4 Å². The van der Waals surface area contributed by atoms with Crippen molar-refractivity contribution in [1.29, 1.82) is 0 Å². The highest BCUT2D eigenvalue weighted by molar-refractivity contribution is 6.17. The monoisotopic (exact) mass is 292 g/mol. The van der Waals surface area contributed by atoms with Gasteiger partial charge in [0, 0.05) is 18.9 Å². The number of hydrogen-bond acceptors (Lipinski definition) is 4. The van der Waals surface area contributed by atoms with Crippen molar-refractivity contribution < 1.29 is 23.5 Å². The molecule has 0 atom stereocenters. The molecule has 3 rings (SSSR count). The van der Waals surface area contributed by atoms with Crippen LogP contribution in [0.15, 0.2) is 12.1 Å². The number of amides is 3. The van der Waals surface area contributed by atoms with E-state index in [0.29, 0.717) is 0 Å². The molecule has 21 heavy (non-hydrogen) atoms. The van der Waals surface area contributed by atoms with E-state index in [1.165, 1.54) is 6.07 Å². The summed E-state index contributed by atoms with van der Waals surface area (Å²) in [5, 5.41) is 2.53. The largest absolute Gasteiger partial charge is 0.481 e. The molecule has 1 aromatic carbocycles. The maximum absolute atomic E-state index is 14.2. The summed E-state index contributed by atoms with van der Waals surface area (Å²) in [4.78, 5) is 36.2. The third kappa shape index (κ3) is 2.35. The first-order valence-corrected chi connectivity index (χ1v) is 6.57. The van der Waals surface area contributed by atoms with E-state index in [1.807, 2.05) is 0 Å². The van der Waals surface area contributed by atoms with Crippen molar-refractivity contribution in [3.8, 4) is 5.75 Å². The number of anilines is 2. The Labute approximate surface area is 119 Å². The number of carbonyl (C=O) groups excluding carboxylic acids is 3. The molecule has 2 heterocycles. The summed E-state index contributed by atoms with van der Waals surface area (Å²) in [5.74, 6) is -1.86. The fraction of sp³-hybridized carbons (Fsp3) is 0.357. The topological polar surface area (TPSA) is 75.7 Å². The number of carbonyl (C=O) groups is 3. The van der Waals surface area contributed by atoms with Gasteiger partial charge >= 0.3 is 0 Å². The quantitative estimate of drug-likeness (QED) is 0.795. The maximum atomic E-state index is 14.2. The van der Waals surface area contributed by atoms with Crippen LogP contribution in [0.25, 0.3) is 0 Å². The minimum absolute atomic E-state index is 0.0509. The van der Waals surface area contributed by atoms with Gasteiger partial charge in [0.05, 0.1) is 11.4 Å². The standard InChI is InChI=1S/C14H13FN2O4/c1-7-2-13(19)17(14(20)3-7)10-5-9-11(4-8(10)15)21-6-12(18)16-9/h4-5,7H,2-3,6H2,1H3,(H,16,18). The summed E-state index contributed by atoms with van der Waals surface area (Å²) in [7, 11) is 0. The maximum Gasteiger partial charge on any atom is 0.262 e. The fourth-order valence-electron chi connectivity index (χ4n) is 2.52. The Bertz CT molecular complexity index is 641. The molecular formula is C14H13FN2O4. The van der Waals surface area contributed by atoms with Crippen molar-refractivity contribution >= 4 is 29.1 Å². The highest BCUT2D eigenvalue weighted by atomic mass is 19.1. The highest BCUT2D eigenvalue weighted by Crippen LogP contribution is 2.36. The van der Waals surface area contributed by atoms with Gasteiger partial charge in [-0.15, -0.1) is 0 Å². The molecule has 0 aromatic heterocycles. The van der Waals surface area contributed by atoms with Crippen molar-refractivity contribution in [3.63, 3.8) is 0 Å². The zero-order valence-corrected chi connectivity index (χ0v) is 11.3. The number of nitrogens with one attached hydrogen (secondary N) is 1. The van der Waals surface area contributed by atoms with Crippen LogP contribution in [0.1, 0.15) is 19.8 Å². The lowest BCUT2D eigenvalue weighted by molar-refractivity contribution is -0.130. The van der Waals surface area contributed by atoms with Gasteiger partial charge in [0.1, 0.15) is 5.75 Å². The summed E-state index contributed by atoms with van der Waals surface area (Å²) in [6.45, 7) is 1.61. The second-order valence-corrected chi connectivity index (χ2v) is 5.27. The molecule has 7 heteroatoms. The summed E-state index contributed by atoms with van der Waals surface area (Å²) < 4.78 is 19.3. The average Bonchev–Trinajstić information content (AvgIpc) is 2.38. The molecule has 1 aromatic rings. The Morgan fingerprint density at radius 2 is 1.90 bits per heavy atom. The first-order chi connectivity index (χ1) is 9.95. The predicted octanol–water partition coefficient (Wildman–Crippen LogP) is 1.45. The molecular weight excluding hydrogens is 279 g/mol. The van der Waals surface area contributed by atoms with Crippen LogP contribution in [0.5, 0.6) is 5.75 Å². The van der Waals surface area contributed by atoms with Gasteiger partial charge in [-0.3, -0.25) is 14.4 Å². The summed E-state index contributed by atoms with van der Waals surface area (Å²) in [6, 6.07) is 2.33. The second kappa shape index (κ2) is 4.83. The highest BCUT2D eigenvalue weighted by Gasteiger charge is 2.34. The number of piperidine rings is 1. The molecule has 0 saturated carbocycles. The third-order valence-electron chi connectivity index (χ3n) is 3.47. The molecule has 1 N–H and O–H groups in total. The van der Waals surface area contributed by atoms with E-state index < -0.39 is 17.6 Å². The van der Waals surface area contributed by atoms with Crippen molar-refractivity contribution in [1.82, 2.24) is 0 Å². The van der Waals surface area contributed by atoms with Gasteiger partial charge in [0.25, 0.3) is 5.91 Å². The predicted molar refractivity (Wildman–Crippen MR) is 71.4 cm³/mol. The molecule has 2 aliphatic rings. The minimum atomic E-state index is -0.735. The summed E-state index contributed by atoms with van der Waals surface area (Å²) >= 11 is 0. The van der Waals surface area contributed by atoms with E-state index in [9.17, 15) is 18.8 Å². The van der Waals surface area contributed by atoms with Gasteiger partial charge in [-0.05, 0) is 12.0 Å². The molecule has 1 fully saturated rings. The summed E-state index contributed by atoms with van der Waals surface area (Å²) in [6.07, 6.45) is 0.371. The van der Waals surface area contributed by atoms with E-state index in [1.54, 1.807) is 6.92 Å². The van der Waals surface area contributed by atoms with Crippen molar-refractivity contribution in [2.75, 3.05) is 16.8 Å². The average molecular weight is 292 g/mol. The Morgan fingerprint density at radius 1 is 1.24 bits per heavy atom. The smallest absolute Gasteiger partial charge is 0.262 e. The number of benzene rings is 1. The van der Waals surface area contributed by atoms with E-state index in [2.05, 4.69) is 5.32 Å². The first-order valence-electron chi connectivity index (χ1n) is 6.57. The second-order valence-electron chi connectivity index (χ2n) is 5.27. The van der Waals surface area contributed by atoms with E-state index in [0.717, 1.165) is 11.0 Å². The minimum Gasteiger partial charge on any atom is -0.481 e. The lowest BCUT2D eigenvalue weighted by Gasteiger charge is -2.29. The van der Waals surface area contributed by atoms with Crippen LogP contribution in [0, 0.1) is 11.7 Å². The van der Waals surface area contributed by atoms with Crippen LogP contribution in [0.3, 0.4) is 0 Å². The molecule has 0 unspecified atom stereocenters. The SMILES string of the molecule is CC1CC(=O)N(c2cc3c(cc2F)OCC(=O)N3)C(=O)C1. The van der Waals surface area contributed by atoms with Crippen molar-refractivity contribution in [2.45, 2.75) is 19.8 Å². The van der Waals surface area contributed by atoms with Crippen LogP contribution in [0.4, 0.5) is 15.8 Å². The van der Waals surface area contributed by atoms with Crippen LogP contribution >= 0.6 is 0 Å². The fourth-order valence-corrected chi connectivity index (χ4v) is 2.52. The first kappa shape index (κ1) is 13.5. The van der Waals surface area contributed by atoms with E-state index in [-0.39, 0.29) is 48.4 Å². The Balaban J connectivity index is 2.02. The lowest BCUT2D eigenvalue weighted by atomic mass is 9.97. The molecule has 6 nitrogen and oxygen atoms in total. The Hall–Kier alpha value is -2.44. The zero-order chi connectivity index (χ0) is 15.1. The van der Waals surface area contributed by atoms with Crippen molar-refractivity contribution in [3.05, 3.63) is 17.9 Å². The zero-order valence-electron chi connectivity index (χ0n) is 11.3. The van der Waals surface area contributed by atoms with Crippen LogP contribution in [0.2, 0.25) is 0 Å². The van der Waals surface area contributed by atoms with E-state index >= 15 is 0 Å². The van der Waals surface area contributed by atoms with Gasteiger partial charge in [-0.2, -0.15) is 0 Å². The van der Waals surface area contributed by atoms with Crippen LogP contribution < -0.4 is 15.0 Å². The van der Waals surface area contributed by atoms with Gasteiger partial charge in [0.15, 0.2) is 12.4 Å². The van der Waals surface area contributed by atoms with E-state index in [4.69, 9.17) is 4.74 Å². The Morgan fingerprint density at radius 3 is 2.57 bits per heavy atom. The molecule has 0 bridgehead atoms. The molecule has 110 valence electrons. The third-order valence-corrected chi connectivity index (χ3v) is 3.47. The normalized spacial score (nSPS) is 19.1. The van der Waals surface area contributed by atoms with Gasteiger partial charge in [-0.25, -0.2) is 9.29 Å². The molecule has 0 aliphatic carbocycles. The van der Waals surface area contributed by atoms with Gasteiger partial charge in [0.2, 0.25) is 11.8 Å². The van der Waals surface area contributed by atoms with Gasteiger partial charge < -0.3 is 10.1 Å². The number of nitrogens with zero attached hydrogens (tertiary/aromatic N) is 1. The lowest BCUT2D eigenvalue weighted by Crippen LogP contribution is -2.43. The molecule has 2 aliphatic heterocycles. The van der Waals surface area contributed by atoms with Crippen molar-refractivity contribution in [2.24, 2.45) is 5.92 Å². The summed E-state index contributed by atoms with van der Waals surface area (Å²) in [5.41, 5.74) is 0.100. The number of halogens is 1. The molecule has 0 spiro atoms. The Kier molecular flexibility index (Phi) is 3.12. The molecule has 3 amide bonds. The molecule has 0 radical (unpaired) electrons. The number of fused-ring (bicyclic) bond motifs is 1. The number of rotatable bonds is 1. The number of imide groups is 1. The number of ether oxygens (including phenoxy) is 1. The van der Waals surface area contributed by atoms with Crippen LogP contribution in [-0.4, -0.2) is 24.3 Å². The van der Waals surface area contributed by atoms with Gasteiger partial charge in [-0.1, -0.05) is 6.92 Å². The molecule has 1 saturated heterocycles.